The van der Waals surface area contributed by atoms with Crippen molar-refractivity contribution in [3.05, 3.63) is 53.6 Å². The molecule has 2 aromatic rings. The molecule has 0 aliphatic heterocycles. The van der Waals surface area contributed by atoms with E-state index in [1.54, 1.807) is 0 Å². The number of imidazole rings is 1. The van der Waals surface area contributed by atoms with E-state index in [4.69, 9.17) is 0 Å². The number of benzene rings is 1. The molecule has 18 heavy (non-hydrogen) atoms. The minimum Gasteiger partial charge on any atom is -0.335 e. The molecule has 0 aliphatic rings. The fraction of sp³-hybridized carbons (Fsp3) is 0.400. The van der Waals surface area contributed by atoms with Crippen molar-refractivity contribution in [3.63, 3.8) is 0 Å². The monoisotopic (exact) mass is 243 g/mol. The van der Waals surface area contributed by atoms with E-state index in [1.165, 1.54) is 11.1 Å². The number of nitrogens with one attached hydrogen (secondary N) is 1. The quantitative estimate of drug-likeness (QED) is 0.875. The predicted octanol–water partition coefficient (Wildman–Crippen LogP) is 2.77. The van der Waals surface area contributed by atoms with Crippen LogP contribution in [0.5, 0.6) is 0 Å². The van der Waals surface area contributed by atoms with Crippen molar-refractivity contribution in [2.75, 3.05) is 7.05 Å². The Kier molecular flexibility index (Phi) is 4.15. The molecule has 0 aliphatic carbocycles. The summed E-state index contributed by atoms with van der Waals surface area (Å²) in [6.07, 6.45) is 4.80. The largest absolute Gasteiger partial charge is 0.335 e. The van der Waals surface area contributed by atoms with Crippen molar-refractivity contribution < 1.29 is 0 Å². The number of nitrogens with zero attached hydrogens (tertiary/aromatic N) is 2. The third-order valence-electron chi connectivity index (χ3n) is 3.42. The maximum Gasteiger partial charge on any atom is 0.113 e. The van der Waals surface area contributed by atoms with E-state index in [-0.39, 0.29) is 0 Å². The first kappa shape index (κ1) is 12.8. The molecule has 1 N–H and O–H groups in total. The number of hydrogen-bond donors (Lipinski definition) is 1. The molecule has 1 unspecified atom stereocenters. The van der Waals surface area contributed by atoms with Crippen molar-refractivity contribution in [1.29, 1.82) is 0 Å². The molecule has 2 rings (SSSR count). The topological polar surface area (TPSA) is 29.9 Å². The summed E-state index contributed by atoms with van der Waals surface area (Å²) in [6.45, 7) is 5.28. The Morgan fingerprint density at radius 2 is 2.00 bits per heavy atom. The van der Waals surface area contributed by atoms with E-state index < -0.39 is 0 Å². The number of aromatic nitrogens is 2. The van der Waals surface area contributed by atoms with Gasteiger partial charge in [-0.3, -0.25) is 0 Å². The summed E-state index contributed by atoms with van der Waals surface area (Å²) in [4.78, 5) is 4.41. The molecule has 1 heterocycles. The molecular formula is C15H21N3. The number of hydrogen-bond acceptors (Lipinski definition) is 2. The minimum absolute atomic E-state index is 0.400. The van der Waals surface area contributed by atoms with Gasteiger partial charge in [0.05, 0.1) is 0 Å². The van der Waals surface area contributed by atoms with Crippen LogP contribution in [0.1, 0.15) is 36.8 Å². The highest BCUT2D eigenvalue weighted by Crippen LogP contribution is 2.14. The van der Waals surface area contributed by atoms with Crippen molar-refractivity contribution in [2.45, 2.75) is 32.9 Å². The third kappa shape index (κ3) is 2.79. The molecule has 0 spiro atoms. The molecule has 1 aromatic carbocycles. The van der Waals surface area contributed by atoms with Crippen LogP contribution in [0.4, 0.5) is 0 Å². The molecule has 3 nitrogen and oxygen atoms in total. The average Bonchev–Trinajstić information content (AvgIpc) is 2.86. The van der Waals surface area contributed by atoms with Gasteiger partial charge in [-0.15, -0.1) is 0 Å². The maximum absolute atomic E-state index is 4.41. The summed E-state index contributed by atoms with van der Waals surface area (Å²) in [5.41, 5.74) is 2.63. The van der Waals surface area contributed by atoms with E-state index in [0.717, 1.165) is 18.8 Å². The fourth-order valence-electron chi connectivity index (χ4n) is 2.07. The van der Waals surface area contributed by atoms with Gasteiger partial charge in [-0.2, -0.15) is 0 Å². The second-order valence-corrected chi connectivity index (χ2v) is 4.56. The maximum atomic E-state index is 4.41. The molecule has 0 fully saturated rings. The molecule has 0 amide bonds. The highest BCUT2D eigenvalue weighted by Gasteiger charge is 2.05. The summed E-state index contributed by atoms with van der Waals surface area (Å²) in [7, 11) is 1.98. The van der Waals surface area contributed by atoms with E-state index in [9.17, 15) is 0 Å². The Bertz CT molecular complexity index is 485. The second-order valence-electron chi connectivity index (χ2n) is 4.56. The van der Waals surface area contributed by atoms with Gasteiger partial charge in [-0.05, 0) is 32.0 Å². The van der Waals surface area contributed by atoms with Gasteiger partial charge in [0, 0.05) is 31.4 Å². The molecule has 1 atom stereocenters. The van der Waals surface area contributed by atoms with Crippen molar-refractivity contribution in [1.82, 2.24) is 14.9 Å². The Hall–Kier alpha value is -1.61. The highest BCUT2D eigenvalue weighted by atomic mass is 15.0. The lowest BCUT2D eigenvalue weighted by molar-refractivity contribution is 0.652. The van der Waals surface area contributed by atoms with Crippen LogP contribution in [0.15, 0.2) is 36.7 Å². The summed E-state index contributed by atoms with van der Waals surface area (Å²) < 4.78 is 2.18. The molecule has 96 valence electrons. The van der Waals surface area contributed by atoms with Crippen LogP contribution in [-0.2, 0) is 13.0 Å². The van der Waals surface area contributed by atoms with Gasteiger partial charge in [-0.25, -0.2) is 4.98 Å². The standard InChI is InChI=1S/C15H21N3/c1-4-18-10-9-17-15(18)11-13-5-7-14(8-6-13)12(2)16-3/h5-10,12,16H,4,11H2,1-3H3. The Morgan fingerprint density at radius 3 is 2.61 bits per heavy atom. The summed E-state index contributed by atoms with van der Waals surface area (Å²) in [5.74, 6) is 1.13. The van der Waals surface area contributed by atoms with Crippen LogP contribution in [-0.4, -0.2) is 16.6 Å². The van der Waals surface area contributed by atoms with Gasteiger partial charge in [-0.1, -0.05) is 24.3 Å². The van der Waals surface area contributed by atoms with Gasteiger partial charge in [0.15, 0.2) is 0 Å². The van der Waals surface area contributed by atoms with Crippen LogP contribution >= 0.6 is 0 Å². The summed E-state index contributed by atoms with van der Waals surface area (Å²) in [5, 5.41) is 3.25. The number of aryl methyl sites for hydroxylation is 1. The number of rotatable bonds is 5. The van der Waals surface area contributed by atoms with Crippen LogP contribution in [0.25, 0.3) is 0 Å². The van der Waals surface area contributed by atoms with Crippen molar-refractivity contribution >= 4 is 0 Å². The van der Waals surface area contributed by atoms with Crippen LogP contribution in [0.3, 0.4) is 0 Å². The molecule has 0 bridgehead atoms. The van der Waals surface area contributed by atoms with Crippen LogP contribution in [0, 0.1) is 0 Å². The summed E-state index contributed by atoms with van der Waals surface area (Å²) in [6, 6.07) is 9.16. The van der Waals surface area contributed by atoms with Crippen LogP contribution < -0.4 is 5.32 Å². The zero-order valence-electron chi connectivity index (χ0n) is 11.4. The van der Waals surface area contributed by atoms with Crippen LogP contribution in [0.2, 0.25) is 0 Å². The Labute approximate surface area is 109 Å². The van der Waals surface area contributed by atoms with Gasteiger partial charge in [0.2, 0.25) is 0 Å². The highest BCUT2D eigenvalue weighted by molar-refractivity contribution is 5.26. The molecule has 1 aromatic heterocycles. The van der Waals surface area contributed by atoms with Crippen molar-refractivity contribution in [2.24, 2.45) is 0 Å². The SMILES string of the molecule is CCn1ccnc1Cc1ccc(C(C)NC)cc1. The van der Waals surface area contributed by atoms with E-state index in [1.807, 2.05) is 19.4 Å². The minimum atomic E-state index is 0.400. The molecule has 0 saturated carbocycles. The molecule has 3 heteroatoms. The van der Waals surface area contributed by atoms with Gasteiger partial charge >= 0.3 is 0 Å². The molecule has 0 saturated heterocycles. The Morgan fingerprint density at radius 1 is 1.28 bits per heavy atom. The predicted molar refractivity (Wildman–Crippen MR) is 74.6 cm³/mol. The van der Waals surface area contributed by atoms with E-state index in [0.29, 0.717) is 6.04 Å². The normalized spacial score (nSPS) is 12.6. The average molecular weight is 243 g/mol. The molecular weight excluding hydrogens is 222 g/mol. The van der Waals surface area contributed by atoms with Gasteiger partial charge < -0.3 is 9.88 Å². The first-order valence-corrected chi connectivity index (χ1v) is 6.50. The lowest BCUT2D eigenvalue weighted by Gasteiger charge is -2.11. The first-order chi connectivity index (χ1) is 8.74. The lowest BCUT2D eigenvalue weighted by atomic mass is 10.0. The second kappa shape index (κ2) is 5.83. The molecule has 0 radical (unpaired) electrons. The summed E-state index contributed by atoms with van der Waals surface area (Å²) >= 11 is 0. The third-order valence-corrected chi connectivity index (χ3v) is 3.42. The zero-order valence-corrected chi connectivity index (χ0v) is 11.4. The van der Waals surface area contributed by atoms with Crippen molar-refractivity contribution in [3.8, 4) is 0 Å². The smallest absolute Gasteiger partial charge is 0.113 e. The van der Waals surface area contributed by atoms with E-state index >= 15 is 0 Å². The Balaban J connectivity index is 2.11. The first-order valence-electron chi connectivity index (χ1n) is 6.50. The van der Waals surface area contributed by atoms with Gasteiger partial charge in [0.25, 0.3) is 0 Å². The zero-order chi connectivity index (χ0) is 13.0. The fourth-order valence-corrected chi connectivity index (χ4v) is 2.07. The lowest BCUT2D eigenvalue weighted by Crippen LogP contribution is -2.12. The van der Waals surface area contributed by atoms with E-state index in [2.05, 4.69) is 53.0 Å². The van der Waals surface area contributed by atoms with Gasteiger partial charge in [0.1, 0.15) is 5.82 Å².